The summed E-state index contributed by atoms with van der Waals surface area (Å²) in [5, 5.41) is 9.15. The Hall–Kier alpha value is -0.660. The van der Waals surface area contributed by atoms with Crippen LogP contribution >= 0.6 is 0 Å². The van der Waals surface area contributed by atoms with Crippen LogP contribution in [0, 0.1) is 5.41 Å². The summed E-state index contributed by atoms with van der Waals surface area (Å²) in [4.78, 5) is 11.1. The van der Waals surface area contributed by atoms with E-state index in [0.29, 0.717) is 19.3 Å². The maximum absolute atomic E-state index is 11.5. The molecule has 6 nitrogen and oxygen atoms in total. The van der Waals surface area contributed by atoms with Gasteiger partial charge in [0.2, 0.25) is 0 Å². The number of aliphatic carboxylic acids is 1. The molecular formula is C9H18N2O4S. The molecule has 0 bridgehead atoms. The zero-order valence-corrected chi connectivity index (χ0v) is 10.4. The van der Waals surface area contributed by atoms with Crippen molar-refractivity contribution in [1.82, 2.24) is 9.03 Å². The van der Waals surface area contributed by atoms with E-state index < -0.39 is 21.6 Å². The molecule has 1 saturated heterocycles. The van der Waals surface area contributed by atoms with Crippen LogP contribution in [-0.2, 0) is 15.0 Å². The molecule has 1 fully saturated rings. The first-order chi connectivity index (χ1) is 7.38. The van der Waals surface area contributed by atoms with Gasteiger partial charge in [-0.3, -0.25) is 4.79 Å². The summed E-state index contributed by atoms with van der Waals surface area (Å²) in [6.07, 6.45) is 1.29. The average molecular weight is 250 g/mol. The Morgan fingerprint density at radius 3 is 2.25 bits per heavy atom. The molecule has 0 aliphatic carbocycles. The third-order valence-electron chi connectivity index (χ3n) is 3.41. The fourth-order valence-electron chi connectivity index (χ4n) is 2.00. The quantitative estimate of drug-likeness (QED) is 0.737. The first-order valence-electron chi connectivity index (χ1n) is 5.30. The highest BCUT2D eigenvalue weighted by atomic mass is 32.2. The van der Waals surface area contributed by atoms with E-state index in [2.05, 4.69) is 4.72 Å². The van der Waals surface area contributed by atoms with Gasteiger partial charge in [0.15, 0.2) is 0 Å². The highest BCUT2D eigenvalue weighted by Crippen LogP contribution is 2.35. The van der Waals surface area contributed by atoms with Gasteiger partial charge < -0.3 is 5.11 Å². The molecule has 1 aliphatic rings. The molecule has 7 heteroatoms. The molecule has 0 spiro atoms. The predicted molar refractivity (Wildman–Crippen MR) is 59.1 cm³/mol. The van der Waals surface area contributed by atoms with Crippen LogP contribution in [0.1, 0.15) is 26.2 Å². The number of carboxylic acids is 1. The first kappa shape index (κ1) is 13.4. The number of carbonyl (C=O) groups is 1. The van der Waals surface area contributed by atoms with E-state index >= 15 is 0 Å². The molecular weight excluding hydrogens is 232 g/mol. The maximum atomic E-state index is 11.5. The minimum absolute atomic E-state index is 0.267. The lowest BCUT2D eigenvalue weighted by Crippen LogP contribution is -2.49. The molecule has 0 aromatic rings. The monoisotopic (exact) mass is 250 g/mol. The standard InChI is InChI=1S/C9H18N2O4S/c1-3-9(8(12)13)4-6-11(7-5-9)16(14,15)10-2/h10H,3-7H2,1-2H3,(H,12,13). The van der Waals surface area contributed by atoms with Gasteiger partial charge in [-0.15, -0.1) is 0 Å². The van der Waals surface area contributed by atoms with E-state index in [9.17, 15) is 13.2 Å². The van der Waals surface area contributed by atoms with Crippen molar-refractivity contribution in [3.05, 3.63) is 0 Å². The zero-order valence-electron chi connectivity index (χ0n) is 9.56. The van der Waals surface area contributed by atoms with Crippen LogP contribution in [0.2, 0.25) is 0 Å². The van der Waals surface area contributed by atoms with Crippen molar-refractivity contribution in [2.75, 3.05) is 20.1 Å². The van der Waals surface area contributed by atoms with Crippen LogP contribution in [0.3, 0.4) is 0 Å². The van der Waals surface area contributed by atoms with E-state index in [4.69, 9.17) is 5.11 Å². The first-order valence-corrected chi connectivity index (χ1v) is 6.74. The van der Waals surface area contributed by atoms with Gasteiger partial charge in [-0.05, 0) is 19.3 Å². The Morgan fingerprint density at radius 1 is 1.44 bits per heavy atom. The van der Waals surface area contributed by atoms with E-state index in [1.54, 1.807) is 0 Å². The Balaban J connectivity index is 2.74. The number of carboxylic acid groups (broad SMARTS) is 1. The number of nitrogens with zero attached hydrogens (tertiary/aromatic N) is 1. The maximum Gasteiger partial charge on any atom is 0.309 e. The second-order valence-electron chi connectivity index (χ2n) is 4.05. The van der Waals surface area contributed by atoms with Crippen LogP contribution < -0.4 is 4.72 Å². The summed E-state index contributed by atoms with van der Waals surface area (Å²) in [5.41, 5.74) is -0.750. The number of rotatable bonds is 4. The van der Waals surface area contributed by atoms with Crippen molar-refractivity contribution in [1.29, 1.82) is 0 Å². The molecule has 94 valence electrons. The van der Waals surface area contributed by atoms with E-state index in [1.165, 1.54) is 11.4 Å². The van der Waals surface area contributed by atoms with Gasteiger partial charge >= 0.3 is 5.97 Å². The highest BCUT2D eigenvalue weighted by Gasteiger charge is 2.42. The fraction of sp³-hybridized carbons (Fsp3) is 0.889. The Labute approximate surface area is 95.8 Å². The molecule has 1 rings (SSSR count). The second kappa shape index (κ2) is 4.68. The lowest BCUT2D eigenvalue weighted by atomic mass is 9.77. The molecule has 0 aromatic carbocycles. The fourth-order valence-corrected chi connectivity index (χ4v) is 2.92. The smallest absolute Gasteiger partial charge is 0.309 e. The van der Waals surface area contributed by atoms with Gasteiger partial charge in [0.1, 0.15) is 0 Å². The zero-order chi connectivity index (χ0) is 12.4. The summed E-state index contributed by atoms with van der Waals surface area (Å²) in [6.45, 7) is 2.36. The van der Waals surface area contributed by atoms with Crippen molar-refractivity contribution in [2.24, 2.45) is 5.41 Å². The molecule has 2 N–H and O–H groups in total. The van der Waals surface area contributed by atoms with Crippen LogP contribution in [0.4, 0.5) is 0 Å². The normalized spacial score (nSPS) is 21.9. The SMILES string of the molecule is CCC1(C(=O)O)CCN(S(=O)(=O)NC)CC1. The van der Waals surface area contributed by atoms with Gasteiger partial charge in [-0.1, -0.05) is 6.92 Å². The number of nitrogens with one attached hydrogen (secondary N) is 1. The summed E-state index contributed by atoms with van der Waals surface area (Å²) in [6, 6.07) is 0. The predicted octanol–water partition coefficient (Wildman–Crippen LogP) is 0.0274. The second-order valence-corrected chi connectivity index (χ2v) is 5.92. The Morgan fingerprint density at radius 2 is 1.94 bits per heavy atom. The number of hydrogen-bond donors (Lipinski definition) is 2. The number of hydrogen-bond acceptors (Lipinski definition) is 3. The highest BCUT2D eigenvalue weighted by molar-refractivity contribution is 7.87. The summed E-state index contributed by atoms with van der Waals surface area (Å²) < 4.78 is 26.5. The van der Waals surface area contributed by atoms with Crippen LogP contribution in [0.25, 0.3) is 0 Å². The van der Waals surface area contributed by atoms with Gasteiger partial charge in [-0.2, -0.15) is 12.7 Å². The van der Waals surface area contributed by atoms with Gasteiger partial charge in [0.05, 0.1) is 5.41 Å². The molecule has 0 atom stereocenters. The van der Waals surface area contributed by atoms with Crippen molar-refractivity contribution in [2.45, 2.75) is 26.2 Å². The van der Waals surface area contributed by atoms with Crippen molar-refractivity contribution < 1.29 is 18.3 Å². The Bertz CT molecular complexity index is 358. The van der Waals surface area contributed by atoms with E-state index in [-0.39, 0.29) is 13.1 Å². The van der Waals surface area contributed by atoms with Gasteiger partial charge in [0.25, 0.3) is 10.2 Å². The largest absolute Gasteiger partial charge is 0.481 e. The Kier molecular flexibility index (Phi) is 3.92. The molecule has 0 aromatic heterocycles. The van der Waals surface area contributed by atoms with Crippen LogP contribution in [0.15, 0.2) is 0 Å². The van der Waals surface area contributed by atoms with Gasteiger partial charge in [-0.25, -0.2) is 4.72 Å². The molecule has 1 aliphatic heterocycles. The van der Waals surface area contributed by atoms with E-state index in [0.717, 1.165) is 0 Å². The molecule has 1 heterocycles. The molecule has 0 radical (unpaired) electrons. The van der Waals surface area contributed by atoms with Crippen molar-refractivity contribution >= 4 is 16.2 Å². The molecule has 0 unspecified atom stereocenters. The van der Waals surface area contributed by atoms with E-state index in [1.807, 2.05) is 6.92 Å². The minimum Gasteiger partial charge on any atom is -0.481 e. The summed E-state index contributed by atoms with van der Waals surface area (Å²) in [5.74, 6) is -0.823. The summed E-state index contributed by atoms with van der Waals surface area (Å²) >= 11 is 0. The van der Waals surface area contributed by atoms with Crippen molar-refractivity contribution in [3.8, 4) is 0 Å². The third kappa shape index (κ3) is 2.36. The van der Waals surface area contributed by atoms with Crippen LogP contribution in [0.5, 0.6) is 0 Å². The van der Waals surface area contributed by atoms with Crippen LogP contribution in [-0.4, -0.2) is 43.9 Å². The lowest BCUT2D eigenvalue weighted by Gasteiger charge is -2.37. The van der Waals surface area contributed by atoms with Gasteiger partial charge in [0, 0.05) is 20.1 Å². The topological polar surface area (TPSA) is 86.7 Å². The minimum atomic E-state index is -3.41. The number of piperidine rings is 1. The van der Waals surface area contributed by atoms with Crippen molar-refractivity contribution in [3.63, 3.8) is 0 Å². The molecule has 16 heavy (non-hydrogen) atoms. The summed E-state index contributed by atoms with van der Waals surface area (Å²) in [7, 11) is -2.06. The molecule has 0 amide bonds. The average Bonchev–Trinajstić information content (AvgIpc) is 2.28. The third-order valence-corrected chi connectivity index (χ3v) is 4.97. The lowest BCUT2D eigenvalue weighted by molar-refractivity contribution is -0.151. The molecule has 0 saturated carbocycles.